The first-order valence-corrected chi connectivity index (χ1v) is 6.88. The molecule has 0 spiro atoms. The van der Waals surface area contributed by atoms with E-state index in [0.717, 1.165) is 18.4 Å². The summed E-state index contributed by atoms with van der Waals surface area (Å²) in [5.41, 5.74) is 0.924. The first kappa shape index (κ1) is 16.6. The fourth-order valence-electron chi connectivity index (χ4n) is 2.19. The van der Waals surface area contributed by atoms with Crippen molar-refractivity contribution in [3.05, 3.63) is 41.4 Å². The average molecular weight is 322 g/mol. The SMILES string of the molecule is CCCC1=COC(C(F)(F)Oc2cc(F)c(F)c(F)c2)CC1. The zero-order valence-corrected chi connectivity index (χ0v) is 11.8. The van der Waals surface area contributed by atoms with Gasteiger partial charge < -0.3 is 9.47 Å². The van der Waals surface area contributed by atoms with E-state index in [0.29, 0.717) is 18.6 Å². The van der Waals surface area contributed by atoms with Gasteiger partial charge in [0.2, 0.25) is 6.10 Å². The van der Waals surface area contributed by atoms with Gasteiger partial charge in [-0.15, -0.1) is 0 Å². The Morgan fingerprint density at radius 1 is 1.23 bits per heavy atom. The number of hydrogen-bond donors (Lipinski definition) is 0. The molecule has 0 saturated carbocycles. The molecule has 1 heterocycles. The van der Waals surface area contributed by atoms with E-state index in [1.54, 1.807) is 0 Å². The van der Waals surface area contributed by atoms with Gasteiger partial charge in [0.15, 0.2) is 17.5 Å². The van der Waals surface area contributed by atoms with E-state index >= 15 is 0 Å². The minimum atomic E-state index is -3.79. The van der Waals surface area contributed by atoms with Gasteiger partial charge in [-0.1, -0.05) is 13.3 Å². The Kier molecular flexibility index (Phi) is 4.93. The fourth-order valence-corrected chi connectivity index (χ4v) is 2.19. The summed E-state index contributed by atoms with van der Waals surface area (Å²) in [6.45, 7) is 1.96. The molecule has 0 N–H and O–H groups in total. The number of benzene rings is 1. The average Bonchev–Trinajstić information content (AvgIpc) is 2.45. The third-order valence-corrected chi connectivity index (χ3v) is 3.28. The summed E-state index contributed by atoms with van der Waals surface area (Å²) in [5, 5.41) is 0. The second-order valence-corrected chi connectivity index (χ2v) is 5.05. The molecule has 1 aromatic carbocycles. The van der Waals surface area contributed by atoms with Crippen molar-refractivity contribution < 1.29 is 31.4 Å². The van der Waals surface area contributed by atoms with Crippen LogP contribution in [0.3, 0.4) is 0 Å². The molecule has 1 aliphatic heterocycles. The Hall–Kier alpha value is -1.79. The highest BCUT2D eigenvalue weighted by molar-refractivity contribution is 5.25. The molecule has 0 radical (unpaired) electrons. The van der Waals surface area contributed by atoms with E-state index in [1.165, 1.54) is 6.26 Å². The lowest BCUT2D eigenvalue weighted by atomic mass is 10.0. The number of hydrogen-bond acceptors (Lipinski definition) is 2. The van der Waals surface area contributed by atoms with Gasteiger partial charge in [-0.25, -0.2) is 13.2 Å². The molecule has 0 aromatic heterocycles. The van der Waals surface area contributed by atoms with Crippen LogP contribution in [0, 0.1) is 17.5 Å². The predicted octanol–water partition coefficient (Wildman–Crippen LogP) is 4.94. The standard InChI is InChI=1S/C15H15F5O2/c1-2-3-9-4-5-13(21-8-9)15(19,20)22-10-6-11(16)14(18)12(17)7-10/h6-8,13H,2-5H2,1H3. The molecular formula is C15H15F5O2. The van der Waals surface area contributed by atoms with Crippen LogP contribution < -0.4 is 4.74 Å². The quantitative estimate of drug-likeness (QED) is 0.565. The number of ether oxygens (including phenoxy) is 2. The van der Waals surface area contributed by atoms with Crippen molar-refractivity contribution in [2.24, 2.45) is 0 Å². The van der Waals surface area contributed by atoms with Gasteiger partial charge in [0.1, 0.15) is 5.75 Å². The summed E-state index contributed by atoms with van der Waals surface area (Å²) in [5.74, 6) is -5.73. The molecule has 1 aliphatic rings. The Bertz CT molecular complexity index is 548. The maximum Gasteiger partial charge on any atom is 0.435 e. The molecular weight excluding hydrogens is 307 g/mol. The van der Waals surface area contributed by atoms with E-state index in [4.69, 9.17) is 4.74 Å². The third kappa shape index (κ3) is 3.69. The van der Waals surface area contributed by atoms with Crippen molar-refractivity contribution in [1.29, 1.82) is 0 Å². The van der Waals surface area contributed by atoms with Gasteiger partial charge >= 0.3 is 6.11 Å². The number of allylic oxidation sites excluding steroid dienone is 1. The molecule has 2 rings (SSSR count). The van der Waals surface area contributed by atoms with Gasteiger partial charge in [0.05, 0.1) is 6.26 Å². The smallest absolute Gasteiger partial charge is 0.435 e. The van der Waals surface area contributed by atoms with Crippen LogP contribution in [0.4, 0.5) is 22.0 Å². The van der Waals surface area contributed by atoms with Gasteiger partial charge in [-0.2, -0.15) is 8.78 Å². The van der Waals surface area contributed by atoms with Crippen molar-refractivity contribution >= 4 is 0 Å². The lowest BCUT2D eigenvalue weighted by molar-refractivity contribution is -0.244. The monoisotopic (exact) mass is 322 g/mol. The molecule has 0 amide bonds. The number of rotatable bonds is 5. The Labute approximate surface area is 124 Å². The molecule has 1 unspecified atom stereocenters. The predicted molar refractivity (Wildman–Crippen MR) is 69.0 cm³/mol. The number of alkyl halides is 2. The third-order valence-electron chi connectivity index (χ3n) is 3.28. The van der Waals surface area contributed by atoms with E-state index in [-0.39, 0.29) is 6.42 Å². The maximum absolute atomic E-state index is 14.0. The second kappa shape index (κ2) is 6.54. The summed E-state index contributed by atoms with van der Waals surface area (Å²) in [4.78, 5) is 0. The highest BCUT2D eigenvalue weighted by Crippen LogP contribution is 2.34. The van der Waals surface area contributed by atoms with Crippen LogP contribution in [0.5, 0.6) is 5.75 Å². The normalized spacial score (nSPS) is 18.6. The summed E-state index contributed by atoms with van der Waals surface area (Å²) >= 11 is 0. The lowest BCUT2D eigenvalue weighted by Gasteiger charge is -2.29. The Balaban J connectivity index is 2.08. The van der Waals surface area contributed by atoms with Gasteiger partial charge in [0.25, 0.3) is 0 Å². The van der Waals surface area contributed by atoms with Crippen LogP contribution in [-0.4, -0.2) is 12.2 Å². The van der Waals surface area contributed by atoms with Gasteiger partial charge in [0, 0.05) is 12.1 Å². The van der Waals surface area contributed by atoms with Gasteiger partial charge in [-0.3, -0.25) is 0 Å². The highest BCUT2D eigenvalue weighted by Gasteiger charge is 2.45. The number of halogens is 5. The largest absolute Gasteiger partial charge is 0.488 e. The van der Waals surface area contributed by atoms with E-state index in [1.807, 2.05) is 6.92 Å². The van der Waals surface area contributed by atoms with Crippen LogP contribution in [0.2, 0.25) is 0 Å². The van der Waals surface area contributed by atoms with E-state index in [9.17, 15) is 22.0 Å². The first-order chi connectivity index (χ1) is 10.3. The van der Waals surface area contributed by atoms with E-state index in [2.05, 4.69) is 4.74 Å². The van der Waals surface area contributed by atoms with Crippen LogP contribution in [0.1, 0.15) is 32.6 Å². The summed E-state index contributed by atoms with van der Waals surface area (Å²) in [6.07, 6.45) is -1.99. The van der Waals surface area contributed by atoms with Crippen LogP contribution in [0.15, 0.2) is 24.0 Å². The molecule has 0 fully saturated rings. The second-order valence-electron chi connectivity index (χ2n) is 5.05. The van der Waals surface area contributed by atoms with Crippen molar-refractivity contribution in [3.8, 4) is 5.75 Å². The van der Waals surface area contributed by atoms with Crippen molar-refractivity contribution in [3.63, 3.8) is 0 Å². The molecule has 2 nitrogen and oxygen atoms in total. The molecule has 0 aliphatic carbocycles. The fraction of sp³-hybridized carbons (Fsp3) is 0.467. The maximum atomic E-state index is 14.0. The Morgan fingerprint density at radius 2 is 1.86 bits per heavy atom. The van der Waals surface area contributed by atoms with E-state index < -0.39 is 35.4 Å². The Morgan fingerprint density at radius 3 is 2.36 bits per heavy atom. The van der Waals surface area contributed by atoms with Gasteiger partial charge in [-0.05, 0) is 24.8 Å². The van der Waals surface area contributed by atoms with Crippen LogP contribution in [0.25, 0.3) is 0 Å². The summed E-state index contributed by atoms with van der Waals surface area (Å²) in [7, 11) is 0. The molecule has 1 aromatic rings. The molecule has 22 heavy (non-hydrogen) atoms. The minimum Gasteiger partial charge on any atom is -0.488 e. The van der Waals surface area contributed by atoms with Crippen molar-refractivity contribution in [2.45, 2.75) is 44.8 Å². The molecule has 0 bridgehead atoms. The topological polar surface area (TPSA) is 18.5 Å². The van der Waals surface area contributed by atoms with Crippen molar-refractivity contribution in [1.82, 2.24) is 0 Å². The van der Waals surface area contributed by atoms with Crippen LogP contribution in [-0.2, 0) is 4.74 Å². The first-order valence-electron chi connectivity index (χ1n) is 6.88. The zero-order valence-electron chi connectivity index (χ0n) is 11.8. The highest BCUT2D eigenvalue weighted by atomic mass is 19.3. The summed E-state index contributed by atoms with van der Waals surface area (Å²) in [6, 6.07) is 0.737. The molecule has 7 heteroatoms. The molecule has 0 saturated heterocycles. The minimum absolute atomic E-state index is 0.0188. The molecule has 122 valence electrons. The zero-order chi connectivity index (χ0) is 16.3. The summed E-state index contributed by atoms with van der Waals surface area (Å²) < 4.78 is 76.0. The van der Waals surface area contributed by atoms with Crippen LogP contribution >= 0.6 is 0 Å². The lowest BCUT2D eigenvalue weighted by Crippen LogP contribution is -2.41. The molecule has 1 atom stereocenters. The van der Waals surface area contributed by atoms with Crippen molar-refractivity contribution in [2.75, 3.05) is 0 Å².